The number of rotatable bonds is 5. The van der Waals surface area contributed by atoms with Gasteiger partial charge in [-0.25, -0.2) is 4.79 Å². The van der Waals surface area contributed by atoms with E-state index < -0.39 is 5.97 Å². The van der Waals surface area contributed by atoms with Crippen LogP contribution < -0.4 is 5.32 Å². The Hall–Kier alpha value is -2.15. The molecule has 0 aliphatic rings. The van der Waals surface area contributed by atoms with Crippen LogP contribution in [0.2, 0.25) is 0 Å². The quantitative estimate of drug-likeness (QED) is 0.787. The molecule has 2 heterocycles. The summed E-state index contributed by atoms with van der Waals surface area (Å²) in [6.07, 6.45) is 3.23. The molecule has 0 unspecified atom stereocenters. The summed E-state index contributed by atoms with van der Waals surface area (Å²) in [6, 6.07) is 1.91. The van der Waals surface area contributed by atoms with Gasteiger partial charge in [0.05, 0.1) is 17.6 Å². The minimum absolute atomic E-state index is 0.228. The molecule has 0 spiro atoms. The third-order valence-electron chi connectivity index (χ3n) is 2.66. The molecule has 0 atom stereocenters. The summed E-state index contributed by atoms with van der Waals surface area (Å²) in [4.78, 5) is 11.0. The highest BCUT2D eigenvalue weighted by Gasteiger charge is 2.14. The number of nitrogens with one attached hydrogen (secondary N) is 1. The van der Waals surface area contributed by atoms with Crippen LogP contribution in [-0.4, -0.2) is 30.6 Å². The smallest absolute Gasteiger partial charge is 0.339 e. The lowest BCUT2D eigenvalue weighted by Crippen LogP contribution is -2.18. The van der Waals surface area contributed by atoms with Gasteiger partial charge in [0.15, 0.2) is 0 Å². The molecule has 2 N–H and O–H groups in total. The first-order valence-electron chi connectivity index (χ1n) is 5.51. The summed E-state index contributed by atoms with van der Waals surface area (Å²) in [5, 5.41) is 20.3. The summed E-state index contributed by atoms with van der Waals surface area (Å²) in [5.74, 6) is -0.960. The van der Waals surface area contributed by atoms with Crippen LogP contribution >= 0.6 is 0 Å². The van der Waals surface area contributed by atoms with Gasteiger partial charge in [-0.15, -0.1) is 0 Å². The number of hydrogen-bond acceptors (Lipinski definition) is 4. The molecule has 2 aromatic heterocycles. The average Bonchev–Trinajstić information content (AvgIpc) is 2.87. The average molecular weight is 249 g/mol. The predicted molar refractivity (Wildman–Crippen MR) is 63.9 cm³/mol. The fraction of sp³-hybridized carbons (Fsp3) is 0.364. The number of carboxylic acids is 1. The molecular formula is C11H15N5O2. The van der Waals surface area contributed by atoms with E-state index in [1.54, 1.807) is 16.4 Å². The topological polar surface area (TPSA) is 85.0 Å². The number of carboxylic acid groups (broad SMARTS) is 1. The molecule has 0 aromatic carbocycles. The van der Waals surface area contributed by atoms with Crippen LogP contribution in [0.15, 0.2) is 18.5 Å². The van der Waals surface area contributed by atoms with E-state index in [1.165, 1.54) is 6.20 Å². The standard InChI is InChI=1S/C11H15N5O2/c1-15-4-3-8(14-15)5-12-7-10-9(11(17)18)6-13-16(10)2/h3-4,6,12H,5,7H2,1-2H3,(H,17,18). The molecule has 0 radical (unpaired) electrons. The molecule has 0 aliphatic carbocycles. The summed E-state index contributed by atoms with van der Waals surface area (Å²) < 4.78 is 3.29. The molecular weight excluding hydrogens is 234 g/mol. The molecule has 2 rings (SSSR count). The molecule has 96 valence electrons. The zero-order chi connectivity index (χ0) is 13.1. The van der Waals surface area contributed by atoms with Gasteiger partial charge in [0.25, 0.3) is 0 Å². The second kappa shape index (κ2) is 5.01. The molecule has 0 bridgehead atoms. The van der Waals surface area contributed by atoms with Gasteiger partial charge in [0, 0.05) is 33.4 Å². The Labute approximate surface area is 104 Å². The molecule has 7 heteroatoms. The molecule has 18 heavy (non-hydrogen) atoms. The van der Waals surface area contributed by atoms with Gasteiger partial charge in [0.1, 0.15) is 5.56 Å². The van der Waals surface area contributed by atoms with Crippen LogP contribution in [0.1, 0.15) is 21.7 Å². The second-order valence-electron chi connectivity index (χ2n) is 4.02. The van der Waals surface area contributed by atoms with Gasteiger partial charge in [-0.1, -0.05) is 0 Å². The van der Waals surface area contributed by atoms with E-state index in [-0.39, 0.29) is 5.56 Å². The molecule has 0 aliphatic heterocycles. The maximum absolute atomic E-state index is 11.0. The Balaban J connectivity index is 1.98. The maximum atomic E-state index is 11.0. The molecule has 0 fully saturated rings. The Morgan fingerprint density at radius 3 is 2.83 bits per heavy atom. The van der Waals surface area contributed by atoms with Gasteiger partial charge >= 0.3 is 5.97 Å². The number of nitrogens with zero attached hydrogens (tertiary/aromatic N) is 4. The number of aromatic nitrogens is 4. The summed E-state index contributed by atoms with van der Waals surface area (Å²) in [6.45, 7) is 1.03. The highest BCUT2D eigenvalue weighted by atomic mass is 16.4. The van der Waals surface area contributed by atoms with Crippen LogP contribution in [0, 0.1) is 0 Å². The van der Waals surface area contributed by atoms with Crippen molar-refractivity contribution in [3.63, 3.8) is 0 Å². The van der Waals surface area contributed by atoms with Crippen LogP contribution in [0.3, 0.4) is 0 Å². The third-order valence-corrected chi connectivity index (χ3v) is 2.66. The fourth-order valence-corrected chi connectivity index (χ4v) is 1.72. The molecule has 7 nitrogen and oxygen atoms in total. The van der Waals surface area contributed by atoms with Gasteiger partial charge in [-0.05, 0) is 6.07 Å². The largest absolute Gasteiger partial charge is 0.478 e. The SMILES string of the molecule is Cn1ccc(CNCc2c(C(=O)O)cnn2C)n1. The second-order valence-corrected chi connectivity index (χ2v) is 4.02. The van der Waals surface area contributed by atoms with Crippen molar-refractivity contribution in [2.45, 2.75) is 13.1 Å². The Morgan fingerprint density at radius 2 is 2.22 bits per heavy atom. The van der Waals surface area contributed by atoms with Crippen molar-refractivity contribution < 1.29 is 9.90 Å². The number of aromatic carboxylic acids is 1. The minimum atomic E-state index is -0.960. The van der Waals surface area contributed by atoms with Crippen molar-refractivity contribution in [2.75, 3.05) is 0 Å². The summed E-state index contributed by atoms with van der Waals surface area (Å²) >= 11 is 0. The van der Waals surface area contributed by atoms with E-state index in [0.717, 1.165) is 5.69 Å². The van der Waals surface area contributed by atoms with Crippen LogP contribution in [-0.2, 0) is 27.2 Å². The lowest BCUT2D eigenvalue weighted by Gasteiger charge is -2.05. The number of hydrogen-bond donors (Lipinski definition) is 2. The molecule has 0 amide bonds. The zero-order valence-corrected chi connectivity index (χ0v) is 10.3. The van der Waals surface area contributed by atoms with Gasteiger partial charge in [-0.3, -0.25) is 9.36 Å². The summed E-state index contributed by atoms with van der Waals surface area (Å²) in [5.41, 5.74) is 1.79. The van der Waals surface area contributed by atoms with Crippen molar-refractivity contribution >= 4 is 5.97 Å². The van der Waals surface area contributed by atoms with E-state index >= 15 is 0 Å². The van der Waals surface area contributed by atoms with Crippen molar-refractivity contribution in [1.29, 1.82) is 0 Å². The lowest BCUT2D eigenvalue weighted by molar-refractivity contribution is 0.0695. The van der Waals surface area contributed by atoms with E-state index in [9.17, 15) is 4.79 Å². The first kappa shape index (κ1) is 12.3. The van der Waals surface area contributed by atoms with E-state index in [0.29, 0.717) is 18.8 Å². The first-order chi connectivity index (χ1) is 8.58. The normalized spacial score (nSPS) is 10.8. The first-order valence-corrected chi connectivity index (χ1v) is 5.51. The number of aryl methyl sites for hydroxylation is 2. The van der Waals surface area contributed by atoms with Crippen molar-refractivity contribution in [2.24, 2.45) is 14.1 Å². The summed E-state index contributed by atoms with van der Waals surface area (Å²) in [7, 11) is 3.58. The zero-order valence-electron chi connectivity index (χ0n) is 10.3. The monoisotopic (exact) mass is 249 g/mol. The highest BCUT2D eigenvalue weighted by molar-refractivity contribution is 5.88. The lowest BCUT2D eigenvalue weighted by atomic mass is 10.2. The maximum Gasteiger partial charge on any atom is 0.339 e. The van der Waals surface area contributed by atoms with Crippen LogP contribution in [0.4, 0.5) is 0 Å². The Bertz CT molecular complexity index is 558. The van der Waals surface area contributed by atoms with Crippen molar-refractivity contribution in [3.8, 4) is 0 Å². The van der Waals surface area contributed by atoms with Crippen molar-refractivity contribution in [3.05, 3.63) is 35.4 Å². The van der Waals surface area contributed by atoms with Crippen molar-refractivity contribution in [1.82, 2.24) is 24.9 Å². The Kier molecular flexibility index (Phi) is 3.42. The molecule has 0 saturated carbocycles. The van der Waals surface area contributed by atoms with Gasteiger partial charge in [0.2, 0.25) is 0 Å². The highest BCUT2D eigenvalue weighted by Crippen LogP contribution is 2.07. The van der Waals surface area contributed by atoms with Gasteiger partial charge < -0.3 is 10.4 Å². The fourth-order valence-electron chi connectivity index (χ4n) is 1.72. The number of carbonyl (C=O) groups is 1. The molecule has 2 aromatic rings. The third kappa shape index (κ3) is 2.57. The van der Waals surface area contributed by atoms with E-state index in [2.05, 4.69) is 15.5 Å². The van der Waals surface area contributed by atoms with E-state index in [1.807, 2.05) is 19.3 Å². The van der Waals surface area contributed by atoms with E-state index in [4.69, 9.17) is 5.11 Å². The van der Waals surface area contributed by atoms with Crippen LogP contribution in [0.5, 0.6) is 0 Å². The van der Waals surface area contributed by atoms with Gasteiger partial charge in [-0.2, -0.15) is 10.2 Å². The predicted octanol–water partition coefficient (Wildman–Crippen LogP) is 0.142. The Morgan fingerprint density at radius 1 is 1.44 bits per heavy atom. The van der Waals surface area contributed by atoms with Crippen LogP contribution in [0.25, 0.3) is 0 Å². The molecule has 0 saturated heterocycles. The minimum Gasteiger partial charge on any atom is -0.478 e.